The Morgan fingerprint density at radius 1 is 0.829 bits per heavy atom. The SMILES string of the molecule is O=C(O)CCCCCNC(=O)CONC(=O)CNC(=O)OCC1c2ccccc2-c2ccccc21. The van der Waals surface area contributed by atoms with Crippen LogP contribution in [0.15, 0.2) is 48.5 Å². The molecule has 0 aliphatic heterocycles. The third-order valence-electron chi connectivity index (χ3n) is 5.52. The summed E-state index contributed by atoms with van der Waals surface area (Å²) in [5.74, 6) is -1.99. The molecule has 2 aromatic rings. The molecule has 2 aromatic carbocycles. The average Bonchev–Trinajstić information content (AvgIpc) is 3.17. The van der Waals surface area contributed by atoms with Crippen LogP contribution < -0.4 is 16.1 Å². The zero-order valence-corrected chi connectivity index (χ0v) is 19.2. The van der Waals surface area contributed by atoms with E-state index in [0.29, 0.717) is 25.8 Å². The number of carbonyl (C=O) groups excluding carboxylic acids is 3. The number of nitrogens with one attached hydrogen (secondary N) is 3. The number of carboxylic acid groups (broad SMARTS) is 1. The lowest BCUT2D eigenvalue weighted by molar-refractivity contribution is -0.139. The van der Waals surface area contributed by atoms with Gasteiger partial charge in [0.2, 0.25) is 5.91 Å². The van der Waals surface area contributed by atoms with Gasteiger partial charge in [0.05, 0.1) is 0 Å². The van der Waals surface area contributed by atoms with Gasteiger partial charge in [0.15, 0.2) is 6.61 Å². The van der Waals surface area contributed by atoms with Crippen molar-refractivity contribution in [3.05, 3.63) is 59.7 Å². The zero-order chi connectivity index (χ0) is 25.0. The summed E-state index contributed by atoms with van der Waals surface area (Å²) in [7, 11) is 0. The minimum atomic E-state index is -0.841. The van der Waals surface area contributed by atoms with Gasteiger partial charge in [-0.3, -0.25) is 19.2 Å². The topological polar surface area (TPSA) is 143 Å². The van der Waals surface area contributed by atoms with Crippen LogP contribution in [0.2, 0.25) is 0 Å². The second-order valence-electron chi connectivity index (χ2n) is 8.05. The average molecular weight is 484 g/mol. The molecule has 0 saturated heterocycles. The predicted molar refractivity (Wildman–Crippen MR) is 126 cm³/mol. The summed E-state index contributed by atoms with van der Waals surface area (Å²) in [6.45, 7) is -0.235. The number of hydrogen-bond acceptors (Lipinski definition) is 6. The van der Waals surface area contributed by atoms with E-state index in [9.17, 15) is 19.2 Å². The van der Waals surface area contributed by atoms with Crippen molar-refractivity contribution < 1.29 is 33.9 Å². The third-order valence-corrected chi connectivity index (χ3v) is 5.52. The summed E-state index contributed by atoms with van der Waals surface area (Å²) in [6.07, 6.45) is 1.26. The van der Waals surface area contributed by atoms with E-state index in [4.69, 9.17) is 14.7 Å². The molecule has 1 aliphatic carbocycles. The van der Waals surface area contributed by atoms with Crippen LogP contribution in [0.5, 0.6) is 0 Å². The normalized spacial score (nSPS) is 11.8. The fourth-order valence-electron chi connectivity index (χ4n) is 3.88. The summed E-state index contributed by atoms with van der Waals surface area (Å²) in [5.41, 5.74) is 6.50. The molecule has 0 bridgehead atoms. The number of carboxylic acids is 1. The lowest BCUT2D eigenvalue weighted by atomic mass is 9.98. The Hall–Kier alpha value is -3.92. The smallest absolute Gasteiger partial charge is 0.407 e. The molecule has 4 N–H and O–H groups in total. The molecule has 10 heteroatoms. The van der Waals surface area contributed by atoms with E-state index in [1.54, 1.807) is 0 Å². The number of hydrogen-bond donors (Lipinski definition) is 4. The number of benzene rings is 2. The number of ether oxygens (including phenoxy) is 1. The van der Waals surface area contributed by atoms with Crippen molar-refractivity contribution in [2.24, 2.45) is 0 Å². The first-order valence-corrected chi connectivity index (χ1v) is 11.4. The molecular formula is C25H29N3O7. The summed E-state index contributed by atoms with van der Waals surface area (Å²) >= 11 is 0. The van der Waals surface area contributed by atoms with Crippen molar-refractivity contribution >= 4 is 23.9 Å². The van der Waals surface area contributed by atoms with Gasteiger partial charge >= 0.3 is 12.1 Å². The van der Waals surface area contributed by atoms with Gasteiger partial charge in [0, 0.05) is 18.9 Å². The van der Waals surface area contributed by atoms with E-state index in [-0.39, 0.29) is 32.1 Å². The largest absolute Gasteiger partial charge is 0.481 e. The molecular weight excluding hydrogens is 454 g/mol. The molecule has 3 amide bonds. The summed E-state index contributed by atoms with van der Waals surface area (Å²) in [5, 5.41) is 13.5. The Morgan fingerprint density at radius 3 is 2.14 bits per heavy atom. The lowest BCUT2D eigenvalue weighted by Gasteiger charge is -2.14. The number of alkyl carbamates (subject to hydrolysis) is 1. The quantitative estimate of drug-likeness (QED) is 0.253. The van der Waals surface area contributed by atoms with Crippen molar-refractivity contribution in [3.8, 4) is 11.1 Å². The van der Waals surface area contributed by atoms with Crippen LogP contribution in [0.3, 0.4) is 0 Å². The molecule has 3 rings (SSSR count). The molecule has 0 aromatic heterocycles. The highest BCUT2D eigenvalue weighted by atomic mass is 16.7. The van der Waals surface area contributed by atoms with Gasteiger partial charge in [-0.25, -0.2) is 10.3 Å². The number of carbonyl (C=O) groups is 4. The number of fused-ring (bicyclic) bond motifs is 3. The number of hydroxylamine groups is 1. The fourth-order valence-corrected chi connectivity index (χ4v) is 3.88. The first kappa shape index (κ1) is 25.7. The summed E-state index contributed by atoms with van der Waals surface area (Å²) in [4.78, 5) is 50.8. The minimum absolute atomic E-state index is 0.0824. The van der Waals surface area contributed by atoms with Crippen LogP contribution >= 0.6 is 0 Å². The van der Waals surface area contributed by atoms with Gasteiger partial charge in [-0.1, -0.05) is 55.0 Å². The monoisotopic (exact) mass is 483 g/mol. The number of amides is 3. The molecule has 35 heavy (non-hydrogen) atoms. The van der Waals surface area contributed by atoms with Gasteiger partial charge in [-0.2, -0.15) is 0 Å². The van der Waals surface area contributed by atoms with E-state index in [1.165, 1.54) is 0 Å². The number of aliphatic carboxylic acids is 1. The van der Waals surface area contributed by atoms with Gasteiger partial charge < -0.3 is 20.5 Å². The van der Waals surface area contributed by atoms with Crippen molar-refractivity contribution in [3.63, 3.8) is 0 Å². The highest BCUT2D eigenvalue weighted by Crippen LogP contribution is 2.44. The van der Waals surface area contributed by atoms with E-state index in [1.807, 2.05) is 48.5 Å². The first-order chi connectivity index (χ1) is 17.0. The standard InChI is InChI=1S/C25H29N3O7/c29-22(28-35-16-23(30)26-13-7-1-2-12-24(31)32)14-27-25(33)34-15-21-19-10-5-3-8-17(19)18-9-4-6-11-20(18)21/h3-6,8-11,21H,1-2,7,12-16H2,(H,26,30)(H,27,33)(H,28,29)(H,31,32). The maximum Gasteiger partial charge on any atom is 0.407 e. The van der Waals surface area contributed by atoms with Crippen LogP contribution in [-0.4, -0.2) is 55.3 Å². The number of unbranched alkanes of at least 4 members (excludes halogenated alkanes) is 2. The Bertz CT molecular complexity index is 1010. The van der Waals surface area contributed by atoms with Crippen LogP contribution in [0, 0.1) is 0 Å². The van der Waals surface area contributed by atoms with Crippen molar-refractivity contribution in [2.45, 2.75) is 31.6 Å². The Kier molecular flexibility index (Phi) is 9.61. The molecule has 0 heterocycles. The molecule has 0 radical (unpaired) electrons. The molecule has 10 nitrogen and oxygen atoms in total. The van der Waals surface area contributed by atoms with Gasteiger partial charge in [-0.05, 0) is 35.1 Å². The van der Waals surface area contributed by atoms with Crippen molar-refractivity contribution in [1.82, 2.24) is 16.1 Å². The maximum atomic E-state index is 12.1. The van der Waals surface area contributed by atoms with E-state index < -0.39 is 23.9 Å². The highest BCUT2D eigenvalue weighted by Gasteiger charge is 2.29. The summed E-state index contributed by atoms with van der Waals surface area (Å²) in [6, 6.07) is 16.0. The molecule has 0 atom stereocenters. The van der Waals surface area contributed by atoms with Crippen molar-refractivity contribution in [1.29, 1.82) is 0 Å². The Morgan fingerprint density at radius 2 is 1.49 bits per heavy atom. The third kappa shape index (κ3) is 7.82. The summed E-state index contributed by atoms with van der Waals surface area (Å²) < 4.78 is 5.35. The Labute approximate surface area is 202 Å². The van der Waals surface area contributed by atoms with Crippen molar-refractivity contribution in [2.75, 3.05) is 26.3 Å². The second-order valence-corrected chi connectivity index (χ2v) is 8.05. The molecule has 0 unspecified atom stereocenters. The van der Waals surface area contributed by atoms with Crippen LogP contribution in [-0.2, 0) is 24.0 Å². The van der Waals surface area contributed by atoms with E-state index in [0.717, 1.165) is 22.3 Å². The van der Waals surface area contributed by atoms with E-state index >= 15 is 0 Å². The van der Waals surface area contributed by atoms with Crippen LogP contribution in [0.1, 0.15) is 42.7 Å². The van der Waals surface area contributed by atoms with Crippen LogP contribution in [0.25, 0.3) is 11.1 Å². The molecule has 186 valence electrons. The maximum absolute atomic E-state index is 12.1. The van der Waals surface area contributed by atoms with Gasteiger partial charge in [0.1, 0.15) is 13.2 Å². The molecule has 0 saturated carbocycles. The molecule has 0 spiro atoms. The minimum Gasteiger partial charge on any atom is -0.481 e. The molecule has 0 fully saturated rings. The molecule has 1 aliphatic rings. The predicted octanol–water partition coefficient (Wildman–Crippen LogP) is 2.33. The van der Waals surface area contributed by atoms with Gasteiger partial charge in [-0.15, -0.1) is 0 Å². The van der Waals surface area contributed by atoms with E-state index in [2.05, 4.69) is 16.1 Å². The number of rotatable bonds is 13. The van der Waals surface area contributed by atoms with Crippen LogP contribution in [0.4, 0.5) is 4.79 Å². The second kappa shape index (κ2) is 13.1. The first-order valence-electron chi connectivity index (χ1n) is 11.4. The van der Waals surface area contributed by atoms with Gasteiger partial charge in [0.25, 0.3) is 5.91 Å². The fraction of sp³-hybridized carbons (Fsp3) is 0.360. The Balaban J connectivity index is 1.29. The lowest BCUT2D eigenvalue weighted by Crippen LogP contribution is -2.39. The zero-order valence-electron chi connectivity index (χ0n) is 19.2. The highest BCUT2D eigenvalue weighted by molar-refractivity contribution is 5.82.